The van der Waals surface area contributed by atoms with Gasteiger partial charge in [0.2, 0.25) is 0 Å². The summed E-state index contributed by atoms with van der Waals surface area (Å²) < 4.78 is 13.2. The summed E-state index contributed by atoms with van der Waals surface area (Å²) in [6, 6.07) is 11.3. The highest BCUT2D eigenvalue weighted by Crippen LogP contribution is 2.28. The average molecular weight is 469 g/mol. The first-order chi connectivity index (χ1) is 16.4. The minimum Gasteiger partial charge on any atom is -0.493 e. The summed E-state index contributed by atoms with van der Waals surface area (Å²) in [4.78, 5) is 50.3. The van der Waals surface area contributed by atoms with Crippen LogP contribution in [0.3, 0.4) is 0 Å². The summed E-state index contributed by atoms with van der Waals surface area (Å²) in [5.41, 5.74) is 4.22. The molecule has 0 unspecified atom stereocenters. The number of hydrogen-bond acceptors (Lipinski definition) is 6. The molecule has 2 amide bonds. The molecule has 1 heterocycles. The molecule has 0 spiro atoms. The Labute approximate surface area is 196 Å². The quantitative estimate of drug-likeness (QED) is 0.365. The van der Waals surface area contributed by atoms with Crippen molar-refractivity contribution in [1.82, 2.24) is 20.0 Å². The molecule has 10 heteroatoms. The summed E-state index contributed by atoms with van der Waals surface area (Å²) in [5, 5.41) is 0.328. The van der Waals surface area contributed by atoms with Crippen molar-refractivity contribution in [2.75, 3.05) is 13.7 Å². The highest BCUT2D eigenvalue weighted by atomic mass is 16.5. The lowest BCUT2D eigenvalue weighted by Crippen LogP contribution is -2.46. The van der Waals surface area contributed by atoms with Crippen LogP contribution in [0.15, 0.2) is 52.1 Å². The topological polar surface area (TPSA) is 121 Å². The highest BCUT2D eigenvalue weighted by Gasteiger charge is 2.16. The molecule has 0 aliphatic rings. The van der Waals surface area contributed by atoms with E-state index in [4.69, 9.17) is 9.47 Å². The molecule has 10 nitrogen and oxygen atoms in total. The third kappa shape index (κ3) is 5.28. The molecule has 3 rings (SSSR count). The summed E-state index contributed by atoms with van der Waals surface area (Å²) >= 11 is 0. The fourth-order valence-corrected chi connectivity index (χ4v) is 3.44. The van der Waals surface area contributed by atoms with Crippen LogP contribution < -0.4 is 31.6 Å². The van der Waals surface area contributed by atoms with E-state index in [1.165, 1.54) is 17.7 Å². The standard InChI is InChI=1S/C24H28N4O6/c1-4-6-13-34-19-12-11-16(14-20(19)33-3)22(30)26-25-21(29)15-28-18-10-8-7-9-17(18)23(31)27(5-2)24(28)32/h7-12,14H,4-6,13,15H2,1-3H3,(H,25,29)(H,26,30). The van der Waals surface area contributed by atoms with E-state index >= 15 is 0 Å². The first kappa shape index (κ1) is 24.6. The van der Waals surface area contributed by atoms with Crippen molar-refractivity contribution >= 4 is 22.7 Å². The van der Waals surface area contributed by atoms with Gasteiger partial charge in [-0.2, -0.15) is 0 Å². The van der Waals surface area contributed by atoms with Gasteiger partial charge in [0.25, 0.3) is 17.4 Å². The normalized spacial score (nSPS) is 10.7. The number of nitrogens with zero attached hydrogens (tertiary/aromatic N) is 2. The maximum atomic E-state index is 12.8. The number of methoxy groups -OCH3 is 1. The van der Waals surface area contributed by atoms with Gasteiger partial charge in [0.05, 0.1) is 24.6 Å². The summed E-state index contributed by atoms with van der Waals surface area (Å²) in [6.45, 7) is 4.06. The number of para-hydroxylation sites is 1. The maximum absolute atomic E-state index is 12.8. The van der Waals surface area contributed by atoms with Gasteiger partial charge >= 0.3 is 5.69 Å². The minimum absolute atomic E-state index is 0.168. The van der Waals surface area contributed by atoms with Crippen LogP contribution in [0, 0.1) is 0 Å². The third-order valence-electron chi connectivity index (χ3n) is 5.25. The first-order valence-corrected chi connectivity index (χ1v) is 11.0. The van der Waals surface area contributed by atoms with Gasteiger partial charge in [-0.3, -0.25) is 34.4 Å². The molecule has 1 aromatic heterocycles. The van der Waals surface area contributed by atoms with Gasteiger partial charge in [-0.05, 0) is 43.7 Å². The van der Waals surface area contributed by atoms with E-state index in [1.807, 2.05) is 0 Å². The van der Waals surface area contributed by atoms with Crippen LogP contribution >= 0.6 is 0 Å². The second-order valence-electron chi connectivity index (χ2n) is 7.51. The molecule has 0 radical (unpaired) electrons. The largest absolute Gasteiger partial charge is 0.493 e. The van der Waals surface area contributed by atoms with Crippen LogP contribution in [0.5, 0.6) is 11.5 Å². The second kappa shape index (κ2) is 11.2. The predicted octanol–water partition coefficient (Wildman–Crippen LogP) is 1.83. The number of ether oxygens (including phenoxy) is 2. The second-order valence-corrected chi connectivity index (χ2v) is 7.51. The van der Waals surface area contributed by atoms with Gasteiger partial charge < -0.3 is 9.47 Å². The van der Waals surface area contributed by atoms with E-state index in [2.05, 4.69) is 17.8 Å². The molecule has 0 fully saturated rings. The number of hydrazine groups is 1. The Morgan fingerprint density at radius 1 is 0.971 bits per heavy atom. The van der Waals surface area contributed by atoms with Gasteiger partial charge in [0, 0.05) is 12.1 Å². The van der Waals surface area contributed by atoms with Crippen molar-refractivity contribution in [3.05, 3.63) is 68.9 Å². The van der Waals surface area contributed by atoms with Crippen LogP contribution in [0.2, 0.25) is 0 Å². The van der Waals surface area contributed by atoms with E-state index in [-0.39, 0.29) is 18.7 Å². The minimum atomic E-state index is -0.631. The van der Waals surface area contributed by atoms with Gasteiger partial charge in [-0.25, -0.2) is 4.79 Å². The van der Waals surface area contributed by atoms with E-state index < -0.39 is 23.1 Å². The third-order valence-corrected chi connectivity index (χ3v) is 5.25. The zero-order valence-corrected chi connectivity index (χ0v) is 19.4. The van der Waals surface area contributed by atoms with Crippen LogP contribution in [0.4, 0.5) is 0 Å². The van der Waals surface area contributed by atoms with Crippen LogP contribution in [-0.2, 0) is 17.9 Å². The van der Waals surface area contributed by atoms with Crippen molar-refractivity contribution in [2.45, 2.75) is 39.8 Å². The molecule has 2 N–H and O–H groups in total. The van der Waals surface area contributed by atoms with Gasteiger partial charge in [0.1, 0.15) is 6.54 Å². The van der Waals surface area contributed by atoms with E-state index in [1.54, 1.807) is 43.3 Å². The molecule has 0 aliphatic carbocycles. The van der Waals surface area contributed by atoms with Crippen molar-refractivity contribution in [1.29, 1.82) is 0 Å². The number of fused-ring (bicyclic) bond motifs is 1. The molecule has 180 valence electrons. The van der Waals surface area contributed by atoms with Crippen molar-refractivity contribution < 1.29 is 19.1 Å². The average Bonchev–Trinajstić information content (AvgIpc) is 2.85. The summed E-state index contributed by atoms with van der Waals surface area (Å²) in [6.07, 6.45) is 1.88. The van der Waals surface area contributed by atoms with Crippen molar-refractivity contribution in [3.8, 4) is 11.5 Å². The van der Waals surface area contributed by atoms with Crippen LogP contribution in [0.25, 0.3) is 10.9 Å². The van der Waals surface area contributed by atoms with Crippen LogP contribution in [-0.4, -0.2) is 34.7 Å². The Bertz CT molecular complexity index is 1310. The molecule has 0 atom stereocenters. The Morgan fingerprint density at radius 3 is 2.44 bits per heavy atom. The van der Waals surface area contributed by atoms with Crippen molar-refractivity contribution in [3.63, 3.8) is 0 Å². The van der Waals surface area contributed by atoms with Gasteiger partial charge in [-0.1, -0.05) is 25.5 Å². The van der Waals surface area contributed by atoms with Gasteiger partial charge in [-0.15, -0.1) is 0 Å². The Morgan fingerprint density at radius 2 is 1.74 bits per heavy atom. The molecule has 3 aromatic rings. The number of carbonyl (C=O) groups excluding carboxylic acids is 2. The number of rotatable bonds is 9. The number of amides is 2. The Kier molecular flexibility index (Phi) is 8.07. The zero-order chi connectivity index (χ0) is 24.7. The molecule has 0 bridgehead atoms. The number of nitrogens with one attached hydrogen (secondary N) is 2. The number of unbranched alkanes of at least 4 members (excludes halogenated alkanes) is 1. The van der Waals surface area contributed by atoms with E-state index in [0.29, 0.717) is 29.0 Å². The lowest BCUT2D eigenvalue weighted by Gasteiger charge is -2.14. The van der Waals surface area contributed by atoms with E-state index in [0.717, 1.165) is 17.4 Å². The highest BCUT2D eigenvalue weighted by molar-refractivity contribution is 5.96. The Balaban J connectivity index is 1.72. The van der Waals surface area contributed by atoms with Crippen LogP contribution in [0.1, 0.15) is 37.0 Å². The number of benzene rings is 2. The zero-order valence-electron chi connectivity index (χ0n) is 19.4. The molecule has 2 aromatic carbocycles. The number of carbonyl (C=O) groups is 2. The molecule has 0 saturated heterocycles. The summed E-state index contributed by atoms with van der Waals surface area (Å²) in [5.74, 6) is -0.278. The van der Waals surface area contributed by atoms with Crippen molar-refractivity contribution in [2.24, 2.45) is 0 Å². The van der Waals surface area contributed by atoms with E-state index in [9.17, 15) is 19.2 Å². The lowest BCUT2D eigenvalue weighted by atomic mass is 10.2. The molecular formula is C24H28N4O6. The monoisotopic (exact) mass is 468 g/mol. The Hall–Kier alpha value is -4.08. The molecular weight excluding hydrogens is 440 g/mol. The van der Waals surface area contributed by atoms with Gasteiger partial charge in [0.15, 0.2) is 11.5 Å². The fraction of sp³-hybridized carbons (Fsp3) is 0.333. The summed E-state index contributed by atoms with van der Waals surface area (Å²) in [7, 11) is 1.48. The SMILES string of the molecule is CCCCOc1ccc(C(=O)NNC(=O)Cn2c(=O)n(CC)c(=O)c3ccccc32)cc1OC. The molecule has 0 saturated carbocycles. The number of aromatic nitrogens is 2. The lowest BCUT2D eigenvalue weighted by molar-refractivity contribution is -0.122. The maximum Gasteiger partial charge on any atom is 0.331 e. The molecule has 34 heavy (non-hydrogen) atoms. The predicted molar refractivity (Wildman–Crippen MR) is 127 cm³/mol. The molecule has 0 aliphatic heterocycles. The smallest absolute Gasteiger partial charge is 0.331 e. The first-order valence-electron chi connectivity index (χ1n) is 11.0. The number of hydrogen-bond donors (Lipinski definition) is 2. The fourth-order valence-electron chi connectivity index (χ4n) is 3.44.